The maximum absolute atomic E-state index is 10.7. The minimum atomic E-state index is -0.853. The molecule has 3 N–H and O–H groups in total. The van der Waals surface area contributed by atoms with E-state index in [-0.39, 0.29) is 12.1 Å². The van der Waals surface area contributed by atoms with Crippen LogP contribution in [0, 0.1) is 0 Å². The van der Waals surface area contributed by atoms with Crippen LogP contribution in [0.25, 0.3) is 0 Å². The van der Waals surface area contributed by atoms with Crippen LogP contribution >= 0.6 is 0 Å². The number of rotatable bonds is 5. The first-order valence-corrected chi connectivity index (χ1v) is 5.99. The average Bonchev–Trinajstić information content (AvgIpc) is 2.26. The Morgan fingerprint density at radius 2 is 2.12 bits per heavy atom. The molecule has 16 heavy (non-hydrogen) atoms. The molecule has 1 fully saturated rings. The predicted molar refractivity (Wildman–Crippen MR) is 62.3 cm³/mol. The molecule has 1 saturated carbocycles. The van der Waals surface area contributed by atoms with E-state index in [1.165, 1.54) is 0 Å². The van der Waals surface area contributed by atoms with Crippen molar-refractivity contribution in [3.05, 3.63) is 11.6 Å². The summed E-state index contributed by atoms with van der Waals surface area (Å²) in [5, 5.41) is 21.7. The maximum atomic E-state index is 10.7. The highest BCUT2D eigenvalue weighted by molar-refractivity contribution is 5.86. The first kappa shape index (κ1) is 13.2. The van der Waals surface area contributed by atoms with Gasteiger partial charge in [0.15, 0.2) is 0 Å². The lowest BCUT2D eigenvalue weighted by molar-refractivity contribution is -0.132. The van der Waals surface area contributed by atoms with Gasteiger partial charge in [-0.15, -0.1) is 0 Å². The van der Waals surface area contributed by atoms with E-state index >= 15 is 0 Å². The lowest BCUT2D eigenvalue weighted by Gasteiger charge is -2.28. The van der Waals surface area contributed by atoms with Crippen LogP contribution in [0.3, 0.4) is 0 Å². The summed E-state index contributed by atoms with van der Waals surface area (Å²) < 4.78 is 0. The standard InChI is InChI=1S/C12H21NO3/c1-2-9(12(15)16)7-8-13-10-5-3-4-6-11(10)14/h7,10-11,13-14H,2-6,8H2,1H3,(H,15,16). The highest BCUT2D eigenvalue weighted by atomic mass is 16.4. The molecule has 0 bridgehead atoms. The van der Waals surface area contributed by atoms with E-state index in [1.54, 1.807) is 6.08 Å². The maximum Gasteiger partial charge on any atom is 0.331 e. The van der Waals surface area contributed by atoms with E-state index < -0.39 is 5.97 Å². The Kier molecular flexibility index (Phi) is 5.49. The Hall–Kier alpha value is -0.870. The fourth-order valence-corrected chi connectivity index (χ4v) is 2.07. The number of hydrogen-bond donors (Lipinski definition) is 3. The van der Waals surface area contributed by atoms with Gasteiger partial charge in [-0.05, 0) is 19.3 Å². The Bertz CT molecular complexity index is 263. The van der Waals surface area contributed by atoms with Crippen LogP contribution in [-0.4, -0.2) is 34.9 Å². The summed E-state index contributed by atoms with van der Waals surface area (Å²) in [6.07, 6.45) is 6.00. The summed E-state index contributed by atoms with van der Waals surface area (Å²) in [6.45, 7) is 2.35. The van der Waals surface area contributed by atoms with Gasteiger partial charge in [0, 0.05) is 18.2 Å². The number of carboxylic acid groups (broad SMARTS) is 1. The van der Waals surface area contributed by atoms with E-state index in [1.807, 2.05) is 6.92 Å². The van der Waals surface area contributed by atoms with Crippen molar-refractivity contribution in [2.24, 2.45) is 0 Å². The van der Waals surface area contributed by atoms with Crippen LogP contribution in [0.15, 0.2) is 11.6 Å². The second-order valence-electron chi connectivity index (χ2n) is 4.25. The summed E-state index contributed by atoms with van der Waals surface area (Å²) in [5.41, 5.74) is 0.429. The molecule has 0 amide bonds. The molecule has 4 nitrogen and oxygen atoms in total. The normalized spacial score (nSPS) is 26.8. The summed E-state index contributed by atoms with van der Waals surface area (Å²) in [7, 11) is 0. The Balaban J connectivity index is 2.35. The lowest BCUT2D eigenvalue weighted by atomic mass is 9.92. The highest BCUT2D eigenvalue weighted by Crippen LogP contribution is 2.18. The molecule has 0 aromatic rings. The number of aliphatic hydroxyl groups excluding tert-OH is 1. The van der Waals surface area contributed by atoms with Gasteiger partial charge in [0.05, 0.1) is 6.10 Å². The largest absolute Gasteiger partial charge is 0.478 e. The molecule has 0 heterocycles. The zero-order valence-electron chi connectivity index (χ0n) is 9.78. The summed E-state index contributed by atoms with van der Waals surface area (Å²) in [5.74, 6) is -0.853. The molecule has 0 aromatic heterocycles. The van der Waals surface area contributed by atoms with Crippen molar-refractivity contribution >= 4 is 5.97 Å². The second kappa shape index (κ2) is 6.66. The summed E-state index contributed by atoms with van der Waals surface area (Å²) in [6, 6.07) is 0.122. The molecule has 2 atom stereocenters. The van der Waals surface area contributed by atoms with E-state index in [9.17, 15) is 9.90 Å². The number of aliphatic carboxylic acids is 1. The van der Waals surface area contributed by atoms with Gasteiger partial charge < -0.3 is 15.5 Å². The number of carboxylic acids is 1. The number of aliphatic hydroxyl groups is 1. The Labute approximate surface area is 96.4 Å². The van der Waals surface area contributed by atoms with Gasteiger partial charge in [0.25, 0.3) is 0 Å². The van der Waals surface area contributed by atoms with E-state index in [4.69, 9.17) is 5.11 Å². The molecule has 0 aliphatic heterocycles. The number of hydrogen-bond acceptors (Lipinski definition) is 3. The molecular formula is C12H21NO3. The molecule has 1 rings (SSSR count). The molecule has 0 saturated heterocycles. The third kappa shape index (κ3) is 3.94. The van der Waals surface area contributed by atoms with Crippen LogP contribution < -0.4 is 5.32 Å². The molecule has 0 spiro atoms. The third-order valence-corrected chi connectivity index (χ3v) is 3.11. The quantitative estimate of drug-likeness (QED) is 0.619. The van der Waals surface area contributed by atoms with Crippen molar-refractivity contribution in [2.75, 3.05) is 6.54 Å². The first-order chi connectivity index (χ1) is 7.65. The predicted octanol–water partition coefficient (Wildman–Crippen LogP) is 1.30. The van der Waals surface area contributed by atoms with Crippen LogP contribution in [0.5, 0.6) is 0 Å². The fraction of sp³-hybridized carbons (Fsp3) is 0.750. The van der Waals surface area contributed by atoms with Crippen molar-refractivity contribution < 1.29 is 15.0 Å². The monoisotopic (exact) mass is 227 g/mol. The molecular weight excluding hydrogens is 206 g/mol. The van der Waals surface area contributed by atoms with Crippen LogP contribution in [0.2, 0.25) is 0 Å². The van der Waals surface area contributed by atoms with Gasteiger partial charge in [0.2, 0.25) is 0 Å². The van der Waals surface area contributed by atoms with E-state index in [0.717, 1.165) is 25.7 Å². The topological polar surface area (TPSA) is 69.6 Å². The fourth-order valence-electron chi connectivity index (χ4n) is 2.07. The number of carbonyl (C=O) groups is 1. The molecule has 0 aromatic carbocycles. The summed E-state index contributed by atoms with van der Waals surface area (Å²) in [4.78, 5) is 10.7. The van der Waals surface area contributed by atoms with Gasteiger partial charge in [-0.25, -0.2) is 4.79 Å². The van der Waals surface area contributed by atoms with Crippen molar-refractivity contribution in [1.29, 1.82) is 0 Å². The SMILES string of the molecule is CCC(=CCNC1CCCCC1O)C(=O)O. The van der Waals surface area contributed by atoms with Crippen molar-refractivity contribution in [1.82, 2.24) is 5.32 Å². The molecule has 4 heteroatoms. The van der Waals surface area contributed by atoms with Crippen molar-refractivity contribution in [2.45, 2.75) is 51.2 Å². The number of nitrogens with one attached hydrogen (secondary N) is 1. The highest BCUT2D eigenvalue weighted by Gasteiger charge is 2.21. The average molecular weight is 227 g/mol. The molecule has 2 unspecified atom stereocenters. The van der Waals surface area contributed by atoms with Crippen LogP contribution in [0.1, 0.15) is 39.0 Å². The van der Waals surface area contributed by atoms with Gasteiger partial charge in [-0.3, -0.25) is 0 Å². The molecule has 0 radical (unpaired) electrons. The van der Waals surface area contributed by atoms with E-state index in [0.29, 0.717) is 18.5 Å². The second-order valence-corrected chi connectivity index (χ2v) is 4.25. The zero-order chi connectivity index (χ0) is 12.0. The molecule has 1 aliphatic rings. The van der Waals surface area contributed by atoms with Gasteiger partial charge >= 0.3 is 5.97 Å². The van der Waals surface area contributed by atoms with Gasteiger partial charge in [-0.2, -0.15) is 0 Å². The zero-order valence-corrected chi connectivity index (χ0v) is 9.78. The van der Waals surface area contributed by atoms with Gasteiger partial charge in [0.1, 0.15) is 0 Å². The van der Waals surface area contributed by atoms with E-state index in [2.05, 4.69) is 5.32 Å². The smallest absolute Gasteiger partial charge is 0.331 e. The first-order valence-electron chi connectivity index (χ1n) is 5.99. The summed E-state index contributed by atoms with van der Waals surface area (Å²) >= 11 is 0. The Morgan fingerprint density at radius 3 is 2.69 bits per heavy atom. The van der Waals surface area contributed by atoms with Crippen LogP contribution in [-0.2, 0) is 4.79 Å². The Morgan fingerprint density at radius 1 is 1.44 bits per heavy atom. The minimum absolute atomic E-state index is 0.122. The van der Waals surface area contributed by atoms with Crippen LogP contribution in [0.4, 0.5) is 0 Å². The third-order valence-electron chi connectivity index (χ3n) is 3.11. The van der Waals surface area contributed by atoms with Crippen molar-refractivity contribution in [3.8, 4) is 0 Å². The molecule has 92 valence electrons. The lowest BCUT2D eigenvalue weighted by Crippen LogP contribution is -2.42. The van der Waals surface area contributed by atoms with Gasteiger partial charge in [-0.1, -0.05) is 25.8 Å². The minimum Gasteiger partial charge on any atom is -0.478 e. The molecule has 1 aliphatic carbocycles. The van der Waals surface area contributed by atoms with Crippen molar-refractivity contribution in [3.63, 3.8) is 0 Å².